The zero-order chi connectivity index (χ0) is 22.5. The number of hydrogen-bond donors (Lipinski definition) is 2. The number of sulfonamides is 1. The molecule has 0 atom stereocenters. The minimum atomic E-state index is -4.10. The van der Waals surface area contributed by atoms with E-state index in [-0.39, 0.29) is 17.0 Å². The summed E-state index contributed by atoms with van der Waals surface area (Å²) in [6.45, 7) is 4.39. The van der Waals surface area contributed by atoms with E-state index in [1.54, 1.807) is 20.8 Å². The van der Waals surface area contributed by atoms with Gasteiger partial charge in [0, 0.05) is 0 Å². The molecule has 0 spiro atoms. The second-order valence-electron chi connectivity index (χ2n) is 7.88. The number of aliphatic carboxylic acids is 1. The molecule has 10 nitrogen and oxygen atoms in total. The molecule has 1 aliphatic rings. The van der Waals surface area contributed by atoms with Crippen molar-refractivity contribution in [3.63, 3.8) is 0 Å². The lowest BCUT2D eigenvalue weighted by atomic mass is 10.2. The Balaban J connectivity index is 2.16. The summed E-state index contributed by atoms with van der Waals surface area (Å²) < 4.78 is 42.3. The minimum Gasteiger partial charge on any atom is -0.491 e. The van der Waals surface area contributed by atoms with Crippen molar-refractivity contribution in [2.24, 2.45) is 5.92 Å². The summed E-state index contributed by atoms with van der Waals surface area (Å²) in [5, 5.41) is 8.61. The van der Waals surface area contributed by atoms with E-state index in [0.29, 0.717) is 12.5 Å². The first-order valence-electron chi connectivity index (χ1n) is 9.23. The third kappa shape index (κ3) is 8.27. The smallest absolute Gasteiger partial charge is 0.341 e. The van der Waals surface area contributed by atoms with Crippen LogP contribution in [0.2, 0.25) is 0 Å². The Kier molecular flexibility index (Phi) is 7.30. The molecule has 0 bridgehead atoms. The van der Waals surface area contributed by atoms with Crippen molar-refractivity contribution >= 4 is 33.6 Å². The fourth-order valence-electron chi connectivity index (χ4n) is 2.29. The number of carbonyl (C=O) groups is 3. The summed E-state index contributed by atoms with van der Waals surface area (Å²) >= 11 is 0. The van der Waals surface area contributed by atoms with Gasteiger partial charge in [-0.2, -0.15) is 0 Å². The van der Waals surface area contributed by atoms with E-state index >= 15 is 0 Å². The lowest BCUT2D eigenvalue weighted by Crippen LogP contribution is -2.31. The molecule has 2 N–H and O–H groups in total. The highest BCUT2D eigenvalue weighted by atomic mass is 32.2. The highest BCUT2D eigenvalue weighted by molar-refractivity contribution is 7.93. The van der Waals surface area contributed by atoms with E-state index in [1.165, 1.54) is 18.2 Å². The second kappa shape index (κ2) is 9.33. The zero-order valence-electron chi connectivity index (χ0n) is 17.0. The Hall–Kier alpha value is -2.82. The number of carbonyl (C=O) groups excluding carboxylic acids is 2. The Bertz CT molecular complexity index is 914. The normalized spacial score (nSPS) is 14.0. The Morgan fingerprint density at radius 3 is 2.43 bits per heavy atom. The predicted molar refractivity (Wildman–Crippen MR) is 106 cm³/mol. The molecule has 1 aliphatic carbocycles. The Morgan fingerprint density at radius 2 is 1.87 bits per heavy atom. The average molecular weight is 443 g/mol. The van der Waals surface area contributed by atoms with Crippen LogP contribution in [0.3, 0.4) is 0 Å². The SMILES string of the molecule is CC(C)(C)OC(=O)CS(=O)(=O)Nc1ccc(C(=O)OCC(=O)O)cc1OCC1CC1. The molecular weight excluding hydrogens is 418 g/mol. The van der Waals surface area contributed by atoms with Crippen LogP contribution in [-0.4, -0.2) is 56.0 Å². The van der Waals surface area contributed by atoms with E-state index < -0.39 is 45.9 Å². The standard InChI is InChI=1S/C19H25NO9S/c1-19(2,3)29-17(23)11-30(25,26)20-14-7-6-13(18(24)28-10-16(21)22)8-15(14)27-9-12-4-5-12/h6-8,12,20H,4-5,9-11H2,1-3H3,(H,21,22). The maximum Gasteiger partial charge on any atom is 0.341 e. The van der Waals surface area contributed by atoms with Crippen molar-refractivity contribution in [3.05, 3.63) is 23.8 Å². The van der Waals surface area contributed by atoms with Gasteiger partial charge in [-0.1, -0.05) is 0 Å². The van der Waals surface area contributed by atoms with Crippen LogP contribution in [0, 0.1) is 5.92 Å². The molecule has 0 heterocycles. The van der Waals surface area contributed by atoms with E-state index in [2.05, 4.69) is 9.46 Å². The summed E-state index contributed by atoms with van der Waals surface area (Å²) in [4.78, 5) is 34.4. The van der Waals surface area contributed by atoms with Crippen LogP contribution >= 0.6 is 0 Å². The first-order chi connectivity index (χ1) is 13.8. The molecule has 1 aromatic carbocycles. The molecule has 0 unspecified atom stereocenters. The van der Waals surface area contributed by atoms with Crippen molar-refractivity contribution in [2.45, 2.75) is 39.2 Å². The molecule has 166 valence electrons. The van der Waals surface area contributed by atoms with Gasteiger partial charge >= 0.3 is 17.9 Å². The predicted octanol–water partition coefficient (Wildman–Crippen LogP) is 1.80. The van der Waals surface area contributed by atoms with Gasteiger partial charge in [-0.15, -0.1) is 0 Å². The third-order valence-corrected chi connectivity index (χ3v) is 4.86. The molecule has 0 aromatic heterocycles. The molecule has 0 radical (unpaired) electrons. The maximum atomic E-state index is 12.4. The van der Waals surface area contributed by atoms with Gasteiger partial charge in [0.2, 0.25) is 10.0 Å². The van der Waals surface area contributed by atoms with Crippen molar-refractivity contribution in [2.75, 3.05) is 23.7 Å². The molecule has 1 fully saturated rings. The summed E-state index contributed by atoms with van der Waals surface area (Å²) in [6.07, 6.45) is 1.97. The molecule has 2 rings (SSSR count). The van der Waals surface area contributed by atoms with E-state index in [4.69, 9.17) is 14.6 Å². The average Bonchev–Trinajstić information content (AvgIpc) is 3.40. The van der Waals surface area contributed by atoms with Crippen LogP contribution in [0.5, 0.6) is 5.75 Å². The van der Waals surface area contributed by atoms with Crippen LogP contribution in [0.15, 0.2) is 18.2 Å². The highest BCUT2D eigenvalue weighted by Gasteiger charge is 2.26. The van der Waals surface area contributed by atoms with Gasteiger partial charge in [0.25, 0.3) is 0 Å². The van der Waals surface area contributed by atoms with Gasteiger partial charge in [0.05, 0.1) is 17.9 Å². The summed E-state index contributed by atoms with van der Waals surface area (Å²) in [7, 11) is -4.10. The third-order valence-electron chi connectivity index (χ3n) is 3.71. The maximum absolute atomic E-state index is 12.4. The molecule has 30 heavy (non-hydrogen) atoms. The molecule has 1 saturated carbocycles. The number of anilines is 1. The van der Waals surface area contributed by atoms with Crippen molar-refractivity contribution in [1.29, 1.82) is 0 Å². The molecule has 0 amide bonds. The van der Waals surface area contributed by atoms with Crippen LogP contribution in [-0.2, 0) is 29.1 Å². The lowest BCUT2D eigenvalue weighted by Gasteiger charge is -2.20. The van der Waals surface area contributed by atoms with Gasteiger partial charge in [-0.05, 0) is 57.7 Å². The zero-order valence-corrected chi connectivity index (χ0v) is 17.8. The lowest BCUT2D eigenvalue weighted by molar-refractivity contribution is -0.151. The largest absolute Gasteiger partial charge is 0.491 e. The van der Waals surface area contributed by atoms with Crippen LogP contribution in [0.1, 0.15) is 44.0 Å². The van der Waals surface area contributed by atoms with Gasteiger partial charge < -0.3 is 19.3 Å². The van der Waals surface area contributed by atoms with Crippen molar-refractivity contribution < 1.29 is 42.1 Å². The fraction of sp³-hybridized carbons (Fsp3) is 0.526. The van der Waals surface area contributed by atoms with Crippen molar-refractivity contribution in [1.82, 2.24) is 0 Å². The monoisotopic (exact) mass is 443 g/mol. The van der Waals surface area contributed by atoms with Gasteiger partial charge in [-0.3, -0.25) is 9.52 Å². The summed E-state index contributed by atoms with van der Waals surface area (Å²) in [6, 6.07) is 3.81. The first-order valence-corrected chi connectivity index (χ1v) is 10.9. The van der Waals surface area contributed by atoms with E-state index in [0.717, 1.165) is 12.8 Å². The molecule has 0 saturated heterocycles. The number of carboxylic acid groups (broad SMARTS) is 1. The molecule has 11 heteroatoms. The highest BCUT2D eigenvalue weighted by Crippen LogP contribution is 2.33. The van der Waals surface area contributed by atoms with E-state index in [1.807, 2.05) is 0 Å². The number of benzene rings is 1. The van der Waals surface area contributed by atoms with Gasteiger partial charge in [0.15, 0.2) is 12.4 Å². The number of rotatable bonds is 10. The molecule has 1 aromatic rings. The summed E-state index contributed by atoms with van der Waals surface area (Å²) in [5.41, 5.74) is -0.797. The number of nitrogens with one attached hydrogen (secondary N) is 1. The van der Waals surface area contributed by atoms with Crippen LogP contribution in [0.25, 0.3) is 0 Å². The number of carboxylic acids is 1. The van der Waals surface area contributed by atoms with Crippen LogP contribution in [0.4, 0.5) is 5.69 Å². The second-order valence-corrected chi connectivity index (χ2v) is 9.61. The first kappa shape index (κ1) is 23.5. The number of hydrogen-bond acceptors (Lipinski definition) is 8. The summed E-state index contributed by atoms with van der Waals surface area (Å²) in [5.74, 6) is -3.59. The van der Waals surface area contributed by atoms with E-state index in [9.17, 15) is 22.8 Å². The topological polar surface area (TPSA) is 145 Å². The van der Waals surface area contributed by atoms with Gasteiger partial charge in [0.1, 0.15) is 11.4 Å². The molecular formula is C19H25NO9S. The van der Waals surface area contributed by atoms with Crippen molar-refractivity contribution in [3.8, 4) is 5.75 Å². The molecule has 0 aliphatic heterocycles. The number of ether oxygens (including phenoxy) is 3. The van der Waals surface area contributed by atoms with Crippen LogP contribution < -0.4 is 9.46 Å². The van der Waals surface area contributed by atoms with Gasteiger partial charge in [-0.25, -0.2) is 18.0 Å². The Labute approximate surface area is 174 Å². The minimum absolute atomic E-state index is 0.00265. The Morgan fingerprint density at radius 1 is 1.20 bits per heavy atom. The fourth-order valence-corrected chi connectivity index (χ4v) is 3.23. The quantitative estimate of drug-likeness (QED) is 0.517. The number of esters is 2.